The fraction of sp³-hybridized carbons (Fsp3) is 0.909. The number of allylic oxidation sites excluding steroid dienone is 3. The fourth-order valence-corrected chi connectivity index (χ4v) is 7.19. The van der Waals surface area contributed by atoms with E-state index in [9.17, 15) is 0 Å². The molecule has 0 spiro atoms. The Morgan fingerprint density at radius 3 is 1.66 bits per heavy atom. The molecule has 2 fully saturated rings. The quantitative estimate of drug-likeness (QED) is 0.0840. The second kappa shape index (κ2) is 32.4. The first-order valence-electron chi connectivity index (χ1n) is 20.7. The molecule has 0 heteroatoms. The molecular weight excluding hydrogens is 528 g/mol. The van der Waals surface area contributed by atoms with E-state index in [0.29, 0.717) is 0 Å². The Hall–Kier alpha value is -0.520. The van der Waals surface area contributed by atoms with Crippen molar-refractivity contribution in [1.82, 2.24) is 0 Å². The van der Waals surface area contributed by atoms with E-state index in [1.54, 1.807) is 25.7 Å². The van der Waals surface area contributed by atoms with Crippen molar-refractivity contribution < 1.29 is 0 Å². The standard InChI is InChI=1S/C26H50.C13H24.C5H12/c1-5-8-9-10-11-12-13-14-15-16-17-18-19-20-21-22-25(4)23-24-26(6-2)7-3;1-11-6-5-9-13(10-11)12-7-3-2-4-8-12;1-4-5(2)3/h11-12,26H,4-10,13-24H2,1-3H3;11-13H,2-10H2,1H3;5H,4H2,1-3H3/b12-11-;;. The molecule has 262 valence electrons. The smallest absolute Gasteiger partial charge is 0.0320 e. The zero-order valence-electron chi connectivity index (χ0n) is 32.0. The molecule has 0 aromatic rings. The lowest BCUT2D eigenvalue weighted by Gasteiger charge is -2.35. The molecule has 0 aromatic heterocycles. The van der Waals surface area contributed by atoms with Gasteiger partial charge in [-0.25, -0.2) is 0 Å². The predicted octanol–water partition coefficient (Wildman–Crippen LogP) is 16.2. The lowest BCUT2D eigenvalue weighted by molar-refractivity contribution is 0.166. The van der Waals surface area contributed by atoms with Crippen LogP contribution in [0.2, 0.25) is 0 Å². The van der Waals surface area contributed by atoms with Crippen LogP contribution < -0.4 is 0 Å². The molecule has 0 N–H and O–H groups in total. The van der Waals surface area contributed by atoms with Gasteiger partial charge in [-0.05, 0) is 87.4 Å². The topological polar surface area (TPSA) is 0 Å². The van der Waals surface area contributed by atoms with Gasteiger partial charge in [0.15, 0.2) is 0 Å². The lowest BCUT2D eigenvalue weighted by Crippen LogP contribution is -2.23. The molecule has 2 aliphatic carbocycles. The summed E-state index contributed by atoms with van der Waals surface area (Å²) in [5.41, 5.74) is 1.50. The van der Waals surface area contributed by atoms with Gasteiger partial charge in [0, 0.05) is 0 Å². The molecule has 0 radical (unpaired) electrons. The molecule has 0 saturated heterocycles. The molecule has 44 heavy (non-hydrogen) atoms. The van der Waals surface area contributed by atoms with Crippen molar-refractivity contribution in [2.24, 2.45) is 29.6 Å². The van der Waals surface area contributed by atoms with E-state index in [1.165, 1.54) is 160 Å². The zero-order valence-corrected chi connectivity index (χ0v) is 32.0. The Labute approximate surface area is 281 Å². The Balaban J connectivity index is 0.000000836. The molecule has 0 heterocycles. The summed E-state index contributed by atoms with van der Waals surface area (Å²) in [4.78, 5) is 0. The highest BCUT2D eigenvalue weighted by molar-refractivity contribution is 4.94. The van der Waals surface area contributed by atoms with Crippen LogP contribution in [-0.2, 0) is 0 Å². The van der Waals surface area contributed by atoms with Crippen LogP contribution in [0.3, 0.4) is 0 Å². The van der Waals surface area contributed by atoms with Gasteiger partial charge in [-0.15, -0.1) is 0 Å². The minimum Gasteiger partial charge on any atom is -0.0999 e. The molecule has 2 rings (SSSR count). The van der Waals surface area contributed by atoms with E-state index >= 15 is 0 Å². The van der Waals surface area contributed by atoms with Crippen molar-refractivity contribution in [3.8, 4) is 0 Å². The molecule has 2 aliphatic rings. The molecule has 0 nitrogen and oxygen atoms in total. The minimum absolute atomic E-state index is 0.884. The summed E-state index contributed by atoms with van der Waals surface area (Å²) >= 11 is 0. The molecule has 2 saturated carbocycles. The average molecular weight is 615 g/mol. The van der Waals surface area contributed by atoms with Gasteiger partial charge < -0.3 is 0 Å². The van der Waals surface area contributed by atoms with Crippen LogP contribution in [0, 0.1) is 29.6 Å². The summed E-state index contributed by atoms with van der Waals surface area (Å²) < 4.78 is 0. The van der Waals surface area contributed by atoms with Crippen LogP contribution in [0.4, 0.5) is 0 Å². The van der Waals surface area contributed by atoms with E-state index < -0.39 is 0 Å². The minimum atomic E-state index is 0.884. The van der Waals surface area contributed by atoms with Crippen molar-refractivity contribution >= 4 is 0 Å². The van der Waals surface area contributed by atoms with Crippen LogP contribution >= 0.6 is 0 Å². The summed E-state index contributed by atoms with van der Waals surface area (Å²) in [5.74, 6) is 5.07. The molecule has 0 aromatic carbocycles. The Kier molecular flexibility index (Phi) is 32.0. The number of unbranched alkanes of at least 4 members (excludes halogenated alkanes) is 11. The van der Waals surface area contributed by atoms with Gasteiger partial charge in [0.25, 0.3) is 0 Å². The van der Waals surface area contributed by atoms with Crippen molar-refractivity contribution in [3.05, 3.63) is 24.3 Å². The van der Waals surface area contributed by atoms with Crippen molar-refractivity contribution in [2.75, 3.05) is 0 Å². The summed E-state index contributed by atoms with van der Waals surface area (Å²) in [6, 6.07) is 0. The number of hydrogen-bond acceptors (Lipinski definition) is 0. The van der Waals surface area contributed by atoms with E-state index in [4.69, 9.17) is 0 Å². The van der Waals surface area contributed by atoms with E-state index in [2.05, 4.69) is 67.2 Å². The third-order valence-electron chi connectivity index (χ3n) is 11.0. The highest BCUT2D eigenvalue weighted by Crippen LogP contribution is 2.39. The van der Waals surface area contributed by atoms with Gasteiger partial charge in [0.1, 0.15) is 0 Å². The second-order valence-corrected chi connectivity index (χ2v) is 15.5. The van der Waals surface area contributed by atoms with Crippen molar-refractivity contribution in [1.29, 1.82) is 0 Å². The average Bonchev–Trinajstić information content (AvgIpc) is 3.04. The SMILES string of the molecule is C=C(CCCCCCCCCC/C=C\CCCCC)CCC(CC)CC.CC1CCCC(C2CCCCC2)C1.CCC(C)C. The number of hydrogen-bond donors (Lipinski definition) is 0. The molecule has 0 bridgehead atoms. The van der Waals surface area contributed by atoms with Gasteiger partial charge in [0.2, 0.25) is 0 Å². The summed E-state index contributed by atoms with van der Waals surface area (Å²) in [6.07, 6.45) is 44.5. The van der Waals surface area contributed by atoms with Gasteiger partial charge in [-0.2, -0.15) is 0 Å². The summed E-state index contributed by atoms with van der Waals surface area (Å²) in [5, 5.41) is 0. The molecule has 0 aliphatic heterocycles. The normalized spacial score (nSPS) is 19.1. The maximum Gasteiger partial charge on any atom is -0.0320 e. The van der Waals surface area contributed by atoms with Crippen LogP contribution in [-0.4, -0.2) is 0 Å². The Bertz CT molecular complexity index is 602. The largest absolute Gasteiger partial charge is 0.0999 e. The first-order chi connectivity index (χ1) is 21.4. The monoisotopic (exact) mass is 615 g/mol. The first-order valence-corrected chi connectivity index (χ1v) is 20.7. The molecule has 2 unspecified atom stereocenters. The maximum atomic E-state index is 4.29. The van der Waals surface area contributed by atoms with Crippen LogP contribution in [0.25, 0.3) is 0 Å². The van der Waals surface area contributed by atoms with Crippen molar-refractivity contribution in [3.63, 3.8) is 0 Å². The van der Waals surface area contributed by atoms with Gasteiger partial charge in [0.05, 0.1) is 0 Å². The summed E-state index contributed by atoms with van der Waals surface area (Å²) in [6.45, 7) is 20.3. The third-order valence-corrected chi connectivity index (χ3v) is 11.0. The van der Waals surface area contributed by atoms with Crippen LogP contribution in [0.15, 0.2) is 24.3 Å². The first kappa shape index (κ1) is 43.5. The van der Waals surface area contributed by atoms with Crippen LogP contribution in [0.1, 0.15) is 228 Å². The highest BCUT2D eigenvalue weighted by Gasteiger charge is 2.27. The fourth-order valence-electron chi connectivity index (χ4n) is 7.19. The third kappa shape index (κ3) is 27.8. The maximum absolute atomic E-state index is 4.29. The number of rotatable bonds is 22. The predicted molar refractivity (Wildman–Crippen MR) is 205 cm³/mol. The summed E-state index contributed by atoms with van der Waals surface area (Å²) in [7, 11) is 0. The van der Waals surface area contributed by atoms with Gasteiger partial charge in [-0.3, -0.25) is 0 Å². The van der Waals surface area contributed by atoms with Crippen LogP contribution in [0.5, 0.6) is 0 Å². The van der Waals surface area contributed by atoms with Gasteiger partial charge >= 0.3 is 0 Å². The zero-order chi connectivity index (χ0) is 32.7. The molecular formula is C44H86. The second-order valence-electron chi connectivity index (χ2n) is 15.5. The lowest BCUT2D eigenvalue weighted by atomic mass is 9.71. The van der Waals surface area contributed by atoms with E-state index in [0.717, 1.165) is 29.6 Å². The van der Waals surface area contributed by atoms with E-state index in [-0.39, 0.29) is 0 Å². The Morgan fingerprint density at radius 1 is 0.614 bits per heavy atom. The van der Waals surface area contributed by atoms with Gasteiger partial charge in [-0.1, -0.05) is 195 Å². The molecule has 2 atom stereocenters. The van der Waals surface area contributed by atoms with Crippen molar-refractivity contribution in [2.45, 2.75) is 228 Å². The van der Waals surface area contributed by atoms with E-state index in [1.807, 2.05) is 0 Å². The molecule has 0 amide bonds. The highest BCUT2D eigenvalue weighted by atomic mass is 14.3. The Morgan fingerprint density at radius 2 is 1.14 bits per heavy atom.